The van der Waals surface area contributed by atoms with E-state index in [1.54, 1.807) is 29.2 Å². The van der Waals surface area contributed by atoms with Crippen LogP contribution in [0.3, 0.4) is 0 Å². The molecule has 0 fully saturated rings. The number of carbonyl (C=O) groups excluding carboxylic acids is 1. The summed E-state index contributed by atoms with van der Waals surface area (Å²) in [5, 5.41) is 8.79. The predicted octanol–water partition coefficient (Wildman–Crippen LogP) is 3.52. The van der Waals surface area contributed by atoms with E-state index in [0.29, 0.717) is 17.7 Å². The maximum absolute atomic E-state index is 12.5. The predicted molar refractivity (Wildman–Crippen MR) is 80.7 cm³/mol. The summed E-state index contributed by atoms with van der Waals surface area (Å²) in [6, 6.07) is 14.8. The van der Waals surface area contributed by atoms with Gasteiger partial charge in [-0.2, -0.15) is 5.26 Å². The van der Waals surface area contributed by atoms with Crippen LogP contribution in [-0.2, 0) is 6.42 Å². The van der Waals surface area contributed by atoms with E-state index in [-0.39, 0.29) is 5.91 Å². The van der Waals surface area contributed by atoms with Gasteiger partial charge >= 0.3 is 0 Å². The summed E-state index contributed by atoms with van der Waals surface area (Å²) in [7, 11) is 0. The summed E-state index contributed by atoms with van der Waals surface area (Å²) in [6.45, 7) is 0.699. The minimum absolute atomic E-state index is 0.0219. The second kappa shape index (κ2) is 5.10. The average Bonchev–Trinajstić information content (AvgIpc) is 2.89. The van der Waals surface area contributed by atoms with Gasteiger partial charge in [0.25, 0.3) is 5.91 Å². The van der Waals surface area contributed by atoms with Crippen molar-refractivity contribution in [1.82, 2.24) is 0 Å². The van der Waals surface area contributed by atoms with Gasteiger partial charge in [-0.25, -0.2) is 0 Å². The van der Waals surface area contributed by atoms with E-state index in [1.807, 2.05) is 18.2 Å². The summed E-state index contributed by atoms with van der Waals surface area (Å²) >= 11 is 3.44. The van der Waals surface area contributed by atoms with Gasteiger partial charge in [0.1, 0.15) is 0 Å². The van der Waals surface area contributed by atoms with Gasteiger partial charge in [-0.15, -0.1) is 0 Å². The first-order chi connectivity index (χ1) is 9.69. The molecule has 20 heavy (non-hydrogen) atoms. The zero-order chi connectivity index (χ0) is 14.1. The Morgan fingerprint density at radius 3 is 2.65 bits per heavy atom. The molecule has 2 aromatic carbocycles. The third kappa shape index (κ3) is 2.21. The second-order valence-corrected chi connectivity index (χ2v) is 5.58. The topological polar surface area (TPSA) is 44.1 Å². The quantitative estimate of drug-likeness (QED) is 0.804. The van der Waals surface area contributed by atoms with Crippen molar-refractivity contribution in [1.29, 1.82) is 5.26 Å². The van der Waals surface area contributed by atoms with Crippen molar-refractivity contribution in [2.45, 2.75) is 6.42 Å². The Kier molecular flexibility index (Phi) is 3.29. The second-order valence-electron chi connectivity index (χ2n) is 4.67. The summed E-state index contributed by atoms with van der Waals surface area (Å²) in [4.78, 5) is 14.3. The van der Waals surface area contributed by atoms with Crippen LogP contribution in [0.15, 0.2) is 46.9 Å². The zero-order valence-corrected chi connectivity index (χ0v) is 12.2. The third-order valence-corrected chi connectivity index (χ3v) is 3.94. The Balaban J connectivity index is 1.93. The molecule has 4 heteroatoms. The molecule has 1 amide bonds. The van der Waals surface area contributed by atoms with Gasteiger partial charge in [0.2, 0.25) is 0 Å². The van der Waals surface area contributed by atoms with Crippen LogP contribution in [0.25, 0.3) is 0 Å². The molecular formula is C16H11BrN2O. The lowest BCUT2D eigenvalue weighted by atomic mass is 10.1. The number of carbonyl (C=O) groups is 1. The molecule has 0 unspecified atom stereocenters. The van der Waals surface area contributed by atoms with Crippen LogP contribution in [0.2, 0.25) is 0 Å². The Bertz CT molecular complexity index is 716. The van der Waals surface area contributed by atoms with Crippen molar-refractivity contribution in [2.75, 3.05) is 11.4 Å². The highest BCUT2D eigenvalue weighted by Crippen LogP contribution is 2.31. The van der Waals surface area contributed by atoms with E-state index in [9.17, 15) is 4.79 Å². The van der Waals surface area contributed by atoms with Gasteiger partial charge in [0.05, 0.1) is 11.6 Å². The third-order valence-electron chi connectivity index (χ3n) is 3.45. The van der Waals surface area contributed by atoms with Gasteiger partial charge in [-0.05, 0) is 48.4 Å². The average molecular weight is 327 g/mol. The van der Waals surface area contributed by atoms with Crippen molar-refractivity contribution in [3.05, 3.63) is 63.6 Å². The molecule has 1 aliphatic rings. The van der Waals surface area contributed by atoms with E-state index in [2.05, 4.69) is 22.0 Å². The number of rotatable bonds is 1. The molecule has 0 radical (unpaired) electrons. The van der Waals surface area contributed by atoms with Crippen molar-refractivity contribution < 1.29 is 4.79 Å². The molecule has 1 aliphatic heterocycles. The summed E-state index contributed by atoms with van der Waals surface area (Å²) in [6.07, 6.45) is 0.880. The Morgan fingerprint density at radius 1 is 1.20 bits per heavy atom. The molecule has 0 bridgehead atoms. The molecule has 0 N–H and O–H groups in total. The van der Waals surface area contributed by atoms with E-state index < -0.39 is 0 Å². The van der Waals surface area contributed by atoms with E-state index >= 15 is 0 Å². The van der Waals surface area contributed by atoms with Gasteiger partial charge in [0.15, 0.2) is 0 Å². The van der Waals surface area contributed by atoms with Crippen LogP contribution in [0.1, 0.15) is 21.5 Å². The molecule has 0 spiro atoms. The Hall–Kier alpha value is -2.12. The first-order valence-electron chi connectivity index (χ1n) is 6.29. The molecular weight excluding hydrogens is 316 g/mol. The smallest absolute Gasteiger partial charge is 0.258 e. The number of hydrogen-bond acceptors (Lipinski definition) is 2. The number of anilines is 1. The maximum atomic E-state index is 12.5. The standard InChI is InChI=1S/C16H11BrN2O/c17-14-6-5-12-7-8-19(15(12)9-14)16(20)13-3-1-11(10-18)2-4-13/h1-6,9H,7-8H2. The SMILES string of the molecule is N#Cc1ccc(C(=O)N2CCc3ccc(Br)cc32)cc1. The fourth-order valence-corrected chi connectivity index (χ4v) is 2.76. The van der Waals surface area contributed by atoms with Gasteiger partial charge in [-0.1, -0.05) is 22.0 Å². The molecule has 0 atom stereocenters. The number of fused-ring (bicyclic) bond motifs is 1. The molecule has 0 aromatic heterocycles. The van der Waals surface area contributed by atoms with Gasteiger partial charge in [-0.3, -0.25) is 4.79 Å². The number of nitriles is 1. The Morgan fingerprint density at radius 2 is 1.95 bits per heavy atom. The van der Waals surface area contributed by atoms with Gasteiger partial charge < -0.3 is 4.90 Å². The number of amides is 1. The van der Waals surface area contributed by atoms with Gasteiger partial charge in [0, 0.05) is 22.3 Å². The molecule has 0 aliphatic carbocycles. The fraction of sp³-hybridized carbons (Fsp3) is 0.125. The van der Waals surface area contributed by atoms with E-state index in [1.165, 1.54) is 5.56 Å². The number of benzene rings is 2. The monoisotopic (exact) mass is 326 g/mol. The zero-order valence-electron chi connectivity index (χ0n) is 10.6. The lowest BCUT2D eigenvalue weighted by Crippen LogP contribution is -2.28. The first kappa shape index (κ1) is 12.9. The number of nitrogens with zero attached hydrogens (tertiary/aromatic N) is 2. The highest BCUT2D eigenvalue weighted by molar-refractivity contribution is 9.10. The van der Waals surface area contributed by atoms with Crippen molar-refractivity contribution in [2.24, 2.45) is 0 Å². The molecule has 2 aromatic rings. The van der Waals surface area contributed by atoms with E-state index in [0.717, 1.165) is 16.6 Å². The van der Waals surface area contributed by atoms with Crippen molar-refractivity contribution in [3.63, 3.8) is 0 Å². The molecule has 0 saturated heterocycles. The summed E-state index contributed by atoms with van der Waals surface area (Å²) < 4.78 is 0.968. The fourth-order valence-electron chi connectivity index (χ4n) is 2.41. The van der Waals surface area contributed by atoms with Crippen molar-refractivity contribution >= 4 is 27.5 Å². The van der Waals surface area contributed by atoms with Crippen LogP contribution >= 0.6 is 15.9 Å². The van der Waals surface area contributed by atoms with Crippen LogP contribution in [0, 0.1) is 11.3 Å². The minimum atomic E-state index is -0.0219. The molecule has 1 heterocycles. The number of hydrogen-bond donors (Lipinski definition) is 0. The maximum Gasteiger partial charge on any atom is 0.258 e. The highest BCUT2D eigenvalue weighted by Gasteiger charge is 2.25. The van der Waals surface area contributed by atoms with Crippen LogP contribution in [0.5, 0.6) is 0 Å². The number of halogens is 1. The van der Waals surface area contributed by atoms with Crippen molar-refractivity contribution in [3.8, 4) is 6.07 Å². The summed E-state index contributed by atoms with van der Waals surface area (Å²) in [5.74, 6) is -0.0219. The Labute approximate surface area is 125 Å². The molecule has 3 nitrogen and oxygen atoms in total. The normalized spacial score (nSPS) is 12.9. The highest BCUT2D eigenvalue weighted by atomic mass is 79.9. The van der Waals surface area contributed by atoms with Crippen LogP contribution in [-0.4, -0.2) is 12.5 Å². The molecule has 98 valence electrons. The van der Waals surface area contributed by atoms with Crippen LogP contribution in [0.4, 0.5) is 5.69 Å². The molecule has 0 saturated carbocycles. The van der Waals surface area contributed by atoms with Crippen LogP contribution < -0.4 is 4.90 Å². The van der Waals surface area contributed by atoms with E-state index in [4.69, 9.17) is 5.26 Å². The summed E-state index contributed by atoms with van der Waals surface area (Å²) in [5.41, 5.74) is 3.33. The minimum Gasteiger partial charge on any atom is -0.308 e. The molecule has 3 rings (SSSR count). The lowest BCUT2D eigenvalue weighted by Gasteiger charge is -2.17. The first-order valence-corrected chi connectivity index (χ1v) is 7.09. The lowest BCUT2D eigenvalue weighted by molar-refractivity contribution is 0.0989. The largest absolute Gasteiger partial charge is 0.308 e.